The molecule has 98 valence electrons. The Hall–Kier alpha value is -1.82. The lowest BCUT2D eigenvalue weighted by atomic mass is 10.3. The highest BCUT2D eigenvalue weighted by Crippen LogP contribution is 2.33. The van der Waals surface area contributed by atoms with E-state index < -0.39 is 6.10 Å². The van der Waals surface area contributed by atoms with E-state index in [2.05, 4.69) is 9.97 Å². The van der Waals surface area contributed by atoms with Gasteiger partial charge in [-0.2, -0.15) is 0 Å². The molecule has 2 aromatic carbocycles. The minimum absolute atomic E-state index is 0.699. The molecule has 4 aromatic rings. The number of aromatic nitrogens is 2. The molecular formula is C15H10N2OS2. The van der Waals surface area contributed by atoms with Crippen LogP contribution in [0.15, 0.2) is 48.5 Å². The Kier molecular flexibility index (Phi) is 2.77. The molecule has 5 heteroatoms. The number of aliphatic hydroxyl groups is 1. The van der Waals surface area contributed by atoms with Crippen LogP contribution < -0.4 is 0 Å². The van der Waals surface area contributed by atoms with E-state index in [4.69, 9.17) is 0 Å². The van der Waals surface area contributed by atoms with Crippen LogP contribution in [0.3, 0.4) is 0 Å². The maximum atomic E-state index is 10.5. The van der Waals surface area contributed by atoms with Crippen molar-refractivity contribution in [2.45, 2.75) is 6.10 Å². The Balaban J connectivity index is 1.80. The predicted molar refractivity (Wildman–Crippen MR) is 83.3 cm³/mol. The van der Waals surface area contributed by atoms with Gasteiger partial charge in [-0.05, 0) is 24.3 Å². The highest BCUT2D eigenvalue weighted by molar-refractivity contribution is 7.20. The van der Waals surface area contributed by atoms with Crippen LogP contribution in [0.25, 0.3) is 20.4 Å². The Morgan fingerprint density at radius 1 is 0.750 bits per heavy atom. The molecule has 0 saturated heterocycles. The van der Waals surface area contributed by atoms with E-state index in [1.165, 1.54) is 22.7 Å². The van der Waals surface area contributed by atoms with Gasteiger partial charge in [-0.1, -0.05) is 24.3 Å². The number of fused-ring (bicyclic) bond motifs is 2. The fourth-order valence-electron chi connectivity index (χ4n) is 2.12. The summed E-state index contributed by atoms with van der Waals surface area (Å²) in [6.45, 7) is 0. The first-order chi connectivity index (χ1) is 9.81. The Bertz CT molecular complexity index is 757. The van der Waals surface area contributed by atoms with Crippen LogP contribution in [-0.2, 0) is 0 Å². The van der Waals surface area contributed by atoms with Crippen LogP contribution >= 0.6 is 22.7 Å². The van der Waals surface area contributed by atoms with Crippen LogP contribution in [0.4, 0.5) is 0 Å². The zero-order chi connectivity index (χ0) is 13.5. The average Bonchev–Trinajstić information content (AvgIpc) is 3.10. The summed E-state index contributed by atoms with van der Waals surface area (Å²) in [5.74, 6) is 0. The zero-order valence-corrected chi connectivity index (χ0v) is 12.0. The van der Waals surface area contributed by atoms with Crippen molar-refractivity contribution in [2.24, 2.45) is 0 Å². The van der Waals surface area contributed by atoms with Gasteiger partial charge in [0.1, 0.15) is 10.0 Å². The van der Waals surface area contributed by atoms with E-state index in [0.29, 0.717) is 10.0 Å². The molecule has 1 N–H and O–H groups in total. The Morgan fingerprint density at radius 2 is 1.20 bits per heavy atom. The van der Waals surface area contributed by atoms with Gasteiger partial charge in [-0.15, -0.1) is 22.7 Å². The molecule has 0 atom stereocenters. The fourth-order valence-corrected chi connectivity index (χ4v) is 4.11. The number of nitrogens with zero attached hydrogens (tertiary/aromatic N) is 2. The molecule has 2 aromatic heterocycles. The lowest BCUT2D eigenvalue weighted by Gasteiger charge is -2.01. The second-order valence-corrected chi connectivity index (χ2v) is 6.57. The standard InChI is InChI=1S/C15H10N2OS2/c18-13(14-16-9-5-1-3-7-11(9)19-14)15-17-10-6-2-4-8-12(10)20-15/h1-8,13,18H. The molecule has 0 saturated carbocycles. The quantitative estimate of drug-likeness (QED) is 0.608. The minimum atomic E-state index is -0.746. The predicted octanol–water partition coefficient (Wildman–Crippen LogP) is 3.99. The molecule has 20 heavy (non-hydrogen) atoms. The first-order valence-electron chi connectivity index (χ1n) is 6.20. The maximum absolute atomic E-state index is 10.5. The summed E-state index contributed by atoms with van der Waals surface area (Å²) in [5, 5.41) is 11.9. The van der Waals surface area contributed by atoms with Gasteiger partial charge in [-0.3, -0.25) is 0 Å². The third kappa shape index (κ3) is 1.91. The van der Waals surface area contributed by atoms with E-state index in [9.17, 15) is 5.11 Å². The van der Waals surface area contributed by atoms with Crippen LogP contribution in [0.1, 0.15) is 16.1 Å². The largest absolute Gasteiger partial charge is 0.379 e. The van der Waals surface area contributed by atoms with Gasteiger partial charge in [0.05, 0.1) is 20.4 Å². The number of thiazole rings is 2. The summed E-state index contributed by atoms with van der Waals surface area (Å²) in [4.78, 5) is 8.99. The van der Waals surface area contributed by atoms with Gasteiger partial charge < -0.3 is 5.11 Å². The van der Waals surface area contributed by atoms with Crippen molar-refractivity contribution >= 4 is 43.1 Å². The number of hydrogen-bond donors (Lipinski definition) is 1. The third-order valence-corrected chi connectivity index (χ3v) is 5.27. The fraction of sp³-hybridized carbons (Fsp3) is 0.0667. The number of para-hydroxylation sites is 2. The summed E-state index contributed by atoms with van der Waals surface area (Å²) >= 11 is 3.03. The number of aliphatic hydroxyl groups excluding tert-OH is 1. The van der Waals surface area contributed by atoms with Gasteiger partial charge in [0.2, 0.25) is 0 Å². The van der Waals surface area contributed by atoms with Crippen molar-refractivity contribution in [3.05, 3.63) is 58.5 Å². The van der Waals surface area contributed by atoms with Gasteiger partial charge >= 0.3 is 0 Å². The number of benzene rings is 2. The van der Waals surface area contributed by atoms with Gasteiger partial charge in [-0.25, -0.2) is 9.97 Å². The molecule has 2 heterocycles. The van der Waals surface area contributed by atoms with Gasteiger partial charge in [0, 0.05) is 0 Å². The van der Waals surface area contributed by atoms with E-state index >= 15 is 0 Å². The Morgan fingerprint density at radius 3 is 1.65 bits per heavy atom. The molecule has 0 amide bonds. The number of rotatable bonds is 2. The lowest BCUT2D eigenvalue weighted by molar-refractivity contribution is 0.220. The molecular weight excluding hydrogens is 288 g/mol. The van der Waals surface area contributed by atoms with Crippen molar-refractivity contribution in [1.29, 1.82) is 0 Å². The maximum Gasteiger partial charge on any atom is 0.157 e. The summed E-state index contributed by atoms with van der Waals surface area (Å²) in [5.41, 5.74) is 1.85. The van der Waals surface area contributed by atoms with Crippen LogP contribution in [0.2, 0.25) is 0 Å². The van der Waals surface area contributed by atoms with E-state index in [1.54, 1.807) is 0 Å². The molecule has 3 nitrogen and oxygen atoms in total. The van der Waals surface area contributed by atoms with Crippen molar-refractivity contribution < 1.29 is 5.11 Å². The van der Waals surface area contributed by atoms with Gasteiger partial charge in [0.25, 0.3) is 0 Å². The SMILES string of the molecule is OC(c1nc2ccccc2s1)c1nc2ccccc2s1. The molecule has 0 radical (unpaired) electrons. The van der Waals surface area contributed by atoms with E-state index in [-0.39, 0.29) is 0 Å². The third-order valence-electron chi connectivity index (χ3n) is 3.09. The van der Waals surface area contributed by atoms with E-state index in [0.717, 1.165) is 20.4 Å². The Labute approximate surface area is 123 Å². The summed E-state index contributed by atoms with van der Waals surface area (Å²) < 4.78 is 2.17. The molecule has 0 fully saturated rings. The summed E-state index contributed by atoms with van der Waals surface area (Å²) in [6, 6.07) is 15.8. The summed E-state index contributed by atoms with van der Waals surface area (Å²) in [6.07, 6.45) is -0.746. The highest BCUT2D eigenvalue weighted by atomic mass is 32.1. The number of hydrogen-bond acceptors (Lipinski definition) is 5. The first-order valence-corrected chi connectivity index (χ1v) is 7.83. The van der Waals surface area contributed by atoms with Crippen LogP contribution in [-0.4, -0.2) is 15.1 Å². The van der Waals surface area contributed by atoms with Crippen molar-refractivity contribution in [3.8, 4) is 0 Å². The van der Waals surface area contributed by atoms with Crippen molar-refractivity contribution in [2.75, 3.05) is 0 Å². The van der Waals surface area contributed by atoms with Crippen molar-refractivity contribution in [3.63, 3.8) is 0 Å². The molecule has 0 spiro atoms. The monoisotopic (exact) mass is 298 g/mol. The smallest absolute Gasteiger partial charge is 0.157 e. The molecule has 4 rings (SSSR count). The molecule has 0 bridgehead atoms. The van der Waals surface area contributed by atoms with Crippen LogP contribution in [0.5, 0.6) is 0 Å². The zero-order valence-electron chi connectivity index (χ0n) is 10.4. The average molecular weight is 298 g/mol. The molecule has 0 unspecified atom stereocenters. The molecule has 0 aliphatic heterocycles. The second-order valence-electron chi connectivity index (χ2n) is 4.44. The first kappa shape index (κ1) is 12.0. The van der Waals surface area contributed by atoms with E-state index in [1.807, 2.05) is 48.5 Å². The topological polar surface area (TPSA) is 46.0 Å². The minimum Gasteiger partial charge on any atom is -0.379 e. The van der Waals surface area contributed by atoms with Crippen molar-refractivity contribution in [1.82, 2.24) is 9.97 Å². The molecule has 0 aliphatic carbocycles. The highest BCUT2D eigenvalue weighted by Gasteiger charge is 2.19. The normalized spacial score (nSPS) is 11.7. The molecule has 0 aliphatic rings. The second kappa shape index (κ2) is 4.63. The van der Waals surface area contributed by atoms with Gasteiger partial charge in [0.15, 0.2) is 6.10 Å². The summed E-state index contributed by atoms with van der Waals surface area (Å²) in [7, 11) is 0. The lowest BCUT2D eigenvalue weighted by Crippen LogP contribution is -1.97. The van der Waals surface area contributed by atoms with Crippen LogP contribution in [0, 0.1) is 0 Å².